The lowest BCUT2D eigenvalue weighted by molar-refractivity contribution is -0.142. The molecule has 14 heteroatoms. The minimum atomic E-state index is -3.88. The number of carbonyl (C=O) groups is 4. The predicted octanol–water partition coefficient (Wildman–Crippen LogP) is 3.20. The normalized spacial score (nSPS) is 28.3. The van der Waals surface area contributed by atoms with Gasteiger partial charge in [0.05, 0.1) is 18.4 Å². The van der Waals surface area contributed by atoms with Gasteiger partial charge in [-0.3, -0.25) is 19.1 Å². The Labute approximate surface area is 285 Å². The number of nitrogens with zero attached hydrogens (tertiary/aromatic N) is 2. The van der Waals surface area contributed by atoms with E-state index >= 15 is 0 Å². The van der Waals surface area contributed by atoms with Gasteiger partial charge in [-0.2, -0.15) is 0 Å². The van der Waals surface area contributed by atoms with E-state index < -0.39 is 74.1 Å². The molecule has 1 aromatic heterocycles. The monoisotopic (exact) mass is 693 g/mol. The Morgan fingerprint density at radius 3 is 2.65 bits per heavy atom. The first-order valence-electron chi connectivity index (χ1n) is 16.7. The number of nitrogens with one attached hydrogen (secondary N) is 3. The Hall–Kier alpha value is -4.46. The summed E-state index contributed by atoms with van der Waals surface area (Å²) in [6.07, 6.45) is 8.03. The molecule has 3 fully saturated rings. The van der Waals surface area contributed by atoms with E-state index in [1.54, 1.807) is 27.0 Å². The molecule has 6 rings (SSSR count). The van der Waals surface area contributed by atoms with Gasteiger partial charge in [0.1, 0.15) is 23.7 Å². The first-order valence-corrected chi connectivity index (χ1v) is 18.2. The molecule has 1 aromatic carbocycles. The number of rotatable bonds is 6. The maximum absolute atomic E-state index is 14.4. The van der Waals surface area contributed by atoms with Gasteiger partial charge in [-0.25, -0.2) is 18.2 Å². The number of sulfonamides is 1. The van der Waals surface area contributed by atoms with E-state index in [9.17, 15) is 27.6 Å². The number of alkyl carbamates (subject to hydrolysis) is 1. The van der Waals surface area contributed by atoms with Gasteiger partial charge < -0.3 is 25.0 Å². The van der Waals surface area contributed by atoms with E-state index in [0.717, 1.165) is 16.3 Å². The number of aromatic nitrogens is 1. The van der Waals surface area contributed by atoms with Gasteiger partial charge >= 0.3 is 6.09 Å². The molecule has 1 unspecified atom stereocenters. The number of pyridine rings is 1. The summed E-state index contributed by atoms with van der Waals surface area (Å²) >= 11 is 0. The molecule has 3 heterocycles. The summed E-state index contributed by atoms with van der Waals surface area (Å²) in [4.78, 5) is 60.7. The van der Waals surface area contributed by atoms with Gasteiger partial charge in [0.15, 0.2) is 0 Å². The zero-order valence-corrected chi connectivity index (χ0v) is 28.8. The van der Waals surface area contributed by atoms with Gasteiger partial charge in [0.2, 0.25) is 27.7 Å². The van der Waals surface area contributed by atoms with Gasteiger partial charge in [-0.15, -0.1) is 6.58 Å². The molecule has 3 N–H and O–H groups in total. The van der Waals surface area contributed by atoms with E-state index in [-0.39, 0.29) is 26.0 Å². The fourth-order valence-electron chi connectivity index (χ4n) is 6.47. The molecule has 2 saturated carbocycles. The summed E-state index contributed by atoms with van der Waals surface area (Å²) < 4.78 is 39.3. The molecule has 262 valence electrons. The van der Waals surface area contributed by atoms with Crippen molar-refractivity contribution in [3.63, 3.8) is 0 Å². The number of carbonyl (C=O) groups excluding carboxylic acids is 4. The number of amides is 4. The Morgan fingerprint density at radius 2 is 1.96 bits per heavy atom. The molecule has 4 amide bonds. The van der Waals surface area contributed by atoms with Crippen molar-refractivity contribution in [2.45, 2.75) is 88.3 Å². The van der Waals surface area contributed by atoms with E-state index in [0.29, 0.717) is 31.6 Å². The van der Waals surface area contributed by atoms with Gasteiger partial charge in [-0.05, 0) is 60.6 Å². The summed E-state index contributed by atoms with van der Waals surface area (Å²) in [5, 5.41) is 6.53. The third-order valence-electron chi connectivity index (χ3n) is 9.56. The molecular weight excluding hydrogens is 650 g/mol. The number of benzene rings is 1. The van der Waals surface area contributed by atoms with Crippen molar-refractivity contribution in [1.29, 1.82) is 0 Å². The molecule has 4 bridgehead atoms. The fraction of sp³-hybridized carbons (Fsp3) is 0.514. The minimum Gasteiger partial charge on any atom is -0.472 e. The van der Waals surface area contributed by atoms with Crippen molar-refractivity contribution in [2.75, 3.05) is 13.2 Å². The van der Waals surface area contributed by atoms with Crippen LogP contribution in [-0.4, -0.2) is 84.2 Å². The Bertz CT molecular complexity index is 1820. The highest BCUT2D eigenvalue weighted by Gasteiger charge is 2.62. The van der Waals surface area contributed by atoms with Gasteiger partial charge in [0, 0.05) is 23.9 Å². The molecule has 5 atom stereocenters. The summed E-state index contributed by atoms with van der Waals surface area (Å²) in [5.41, 5.74) is -1.39. The first-order chi connectivity index (χ1) is 23.2. The molecule has 49 heavy (non-hydrogen) atoms. The third-order valence-corrected chi connectivity index (χ3v) is 11.4. The topological polar surface area (TPSA) is 173 Å². The van der Waals surface area contributed by atoms with Crippen LogP contribution >= 0.6 is 0 Å². The van der Waals surface area contributed by atoms with Crippen molar-refractivity contribution < 1.29 is 37.1 Å². The third kappa shape index (κ3) is 7.29. The summed E-state index contributed by atoms with van der Waals surface area (Å²) in [5.74, 6) is -2.18. The second-order valence-corrected chi connectivity index (χ2v) is 16.3. The van der Waals surface area contributed by atoms with Crippen LogP contribution in [0.25, 0.3) is 16.8 Å². The molecule has 13 nitrogen and oxygen atoms in total. The molecule has 1 saturated heterocycles. The van der Waals surface area contributed by atoms with Crippen LogP contribution in [0.1, 0.15) is 64.9 Å². The van der Waals surface area contributed by atoms with Gasteiger partial charge in [0.25, 0.3) is 5.91 Å². The van der Waals surface area contributed by atoms with Crippen LogP contribution in [-0.2, 0) is 29.1 Å². The highest BCUT2D eigenvalue weighted by molar-refractivity contribution is 7.91. The molecule has 4 aliphatic rings. The average Bonchev–Trinajstić information content (AvgIpc) is 3.97. The van der Waals surface area contributed by atoms with Crippen molar-refractivity contribution in [2.24, 2.45) is 11.3 Å². The second-order valence-electron chi connectivity index (χ2n) is 14.4. The smallest absolute Gasteiger partial charge is 0.407 e. The summed E-state index contributed by atoms with van der Waals surface area (Å²) in [6.45, 7) is 9.27. The van der Waals surface area contributed by atoms with Gasteiger partial charge in [-0.1, -0.05) is 51.1 Å². The van der Waals surface area contributed by atoms with Crippen molar-refractivity contribution in [3.8, 4) is 5.88 Å². The average molecular weight is 694 g/mol. The van der Waals surface area contributed by atoms with Crippen LogP contribution in [0.4, 0.5) is 4.79 Å². The van der Waals surface area contributed by atoms with E-state index in [1.165, 1.54) is 11.0 Å². The van der Waals surface area contributed by atoms with Crippen LogP contribution in [0.2, 0.25) is 0 Å². The highest BCUT2D eigenvalue weighted by Crippen LogP contribution is 2.45. The number of hydrogen-bond acceptors (Lipinski definition) is 9. The van der Waals surface area contributed by atoms with Crippen molar-refractivity contribution in [3.05, 3.63) is 54.8 Å². The SMILES string of the molecule is C=CC1C[C@]1(NC(=O)[C@@H]1C[C@@H]2CN1C(=O)[C@H](C(C)(C)C)NC(=O)OCCC/C=C/c1ccc3ccnc(c3c1)O2)C(=O)NS(=O)(=O)C1CC1. The zero-order valence-electron chi connectivity index (χ0n) is 27.9. The zero-order chi connectivity index (χ0) is 35.1. The van der Waals surface area contributed by atoms with Crippen LogP contribution < -0.4 is 20.1 Å². The number of hydrogen-bond donors (Lipinski definition) is 3. The highest BCUT2D eigenvalue weighted by atomic mass is 32.2. The van der Waals surface area contributed by atoms with Crippen LogP contribution in [0.5, 0.6) is 5.88 Å². The largest absolute Gasteiger partial charge is 0.472 e. The molecule has 2 aliphatic heterocycles. The standard InChI is InChI=1S/C35H43N5O8S/c1-5-23-19-35(23,32(43)39-49(45,46)25-12-13-25)38-29(41)27-18-24-20-40(27)31(42)28(34(2,3)4)37-33(44)47-16-8-6-7-9-21-10-11-22-14-15-36-30(48-24)26(22)17-21/h5,7,9-11,14-15,17,23-25,27-28H,1,6,8,12-13,16,18-20H2,2-4H3,(H,37,44)(H,38,41)(H,39,43)/b9-7+/t23?,24-,27+,28-,35-/m1/s1. The minimum absolute atomic E-state index is 0.0158. The van der Waals surface area contributed by atoms with E-state index in [2.05, 4.69) is 26.9 Å². The second kappa shape index (κ2) is 13.1. The lowest BCUT2D eigenvalue weighted by Gasteiger charge is -2.35. The number of cyclic esters (lactones) is 1. The quantitative estimate of drug-likeness (QED) is 0.384. The Morgan fingerprint density at radius 1 is 1.18 bits per heavy atom. The first kappa shape index (κ1) is 34.4. The summed E-state index contributed by atoms with van der Waals surface area (Å²) in [7, 11) is -3.88. The van der Waals surface area contributed by atoms with Crippen molar-refractivity contribution in [1.82, 2.24) is 25.2 Å². The number of ether oxygens (including phenoxy) is 2. The molecular formula is C35H43N5O8S. The molecule has 0 spiro atoms. The van der Waals surface area contributed by atoms with Crippen LogP contribution in [0, 0.1) is 11.3 Å². The maximum atomic E-state index is 14.4. The van der Waals surface area contributed by atoms with Crippen LogP contribution in [0.15, 0.2) is 49.2 Å². The summed E-state index contributed by atoms with van der Waals surface area (Å²) in [6, 6.07) is 5.57. The number of allylic oxidation sites excluding steroid dienone is 1. The molecule has 0 radical (unpaired) electrons. The molecule has 2 aliphatic carbocycles. The predicted molar refractivity (Wildman–Crippen MR) is 182 cm³/mol. The van der Waals surface area contributed by atoms with E-state index in [1.807, 2.05) is 36.4 Å². The fourth-order valence-corrected chi connectivity index (χ4v) is 7.83. The maximum Gasteiger partial charge on any atom is 0.407 e. The Kier molecular flexibility index (Phi) is 9.20. The Balaban J connectivity index is 1.33. The molecule has 2 aromatic rings. The lowest BCUT2D eigenvalue weighted by atomic mass is 9.85. The number of fused-ring (bicyclic) bond motifs is 3. The van der Waals surface area contributed by atoms with Crippen molar-refractivity contribution >= 4 is 50.7 Å². The lowest BCUT2D eigenvalue weighted by Crippen LogP contribution is -2.60. The van der Waals surface area contributed by atoms with Crippen LogP contribution in [0.3, 0.4) is 0 Å². The van der Waals surface area contributed by atoms with E-state index in [4.69, 9.17) is 9.47 Å².